The van der Waals surface area contributed by atoms with Crippen LogP contribution in [-0.2, 0) is 13.5 Å². The van der Waals surface area contributed by atoms with Gasteiger partial charge in [0.1, 0.15) is 5.82 Å². The van der Waals surface area contributed by atoms with Gasteiger partial charge in [-0.05, 0) is 11.6 Å². The Morgan fingerprint density at radius 2 is 2.35 bits per heavy atom. The number of aromatic amines is 1. The van der Waals surface area contributed by atoms with Gasteiger partial charge in [0.2, 0.25) is 0 Å². The summed E-state index contributed by atoms with van der Waals surface area (Å²) < 4.78 is 1.77. The number of aryl methyl sites for hydroxylation is 1. The zero-order valence-electron chi connectivity index (χ0n) is 9.38. The molecule has 3 aromatic rings. The molecule has 86 valence electrons. The van der Waals surface area contributed by atoms with E-state index < -0.39 is 0 Å². The normalized spacial score (nSPS) is 11.1. The summed E-state index contributed by atoms with van der Waals surface area (Å²) in [6, 6.07) is 1.84. The quantitative estimate of drug-likeness (QED) is 0.681. The van der Waals surface area contributed by atoms with Gasteiger partial charge in [-0.2, -0.15) is 10.2 Å². The zero-order valence-corrected chi connectivity index (χ0v) is 9.38. The number of anilines is 1. The highest BCUT2D eigenvalue weighted by atomic mass is 15.2. The number of hydrogen-bond donors (Lipinski definition) is 2. The van der Waals surface area contributed by atoms with Crippen LogP contribution in [0.25, 0.3) is 10.9 Å². The minimum atomic E-state index is 0.509. The Kier molecular flexibility index (Phi) is 2.07. The van der Waals surface area contributed by atoms with Gasteiger partial charge in [-0.15, -0.1) is 0 Å². The highest BCUT2D eigenvalue weighted by molar-refractivity contribution is 5.90. The van der Waals surface area contributed by atoms with E-state index in [4.69, 9.17) is 5.73 Å². The van der Waals surface area contributed by atoms with Gasteiger partial charge in [0.15, 0.2) is 0 Å². The molecule has 6 heteroatoms. The van der Waals surface area contributed by atoms with Crippen molar-refractivity contribution in [3.63, 3.8) is 0 Å². The molecule has 6 nitrogen and oxygen atoms in total. The van der Waals surface area contributed by atoms with Crippen molar-refractivity contribution in [1.29, 1.82) is 0 Å². The first-order valence-corrected chi connectivity index (χ1v) is 5.29. The van der Waals surface area contributed by atoms with Crippen molar-refractivity contribution >= 4 is 16.7 Å². The van der Waals surface area contributed by atoms with Gasteiger partial charge in [-0.1, -0.05) is 0 Å². The molecule has 17 heavy (non-hydrogen) atoms. The van der Waals surface area contributed by atoms with Gasteiger partial charge in [0, 0.05) is 25.9 Å². The SMILES string of the molecule is Cn1cc(Cc2[nH]nc3ccnc(N)c23)cn1. The van der Waals surface area contributed by atoms with Crippen LogP contribution < -0.4 is 5.73 Å². The Hall–Kier alpha value is -2.37. The number of nitrogens with one attached hydrogen (secondary N) is 1. The number of aromatic nitrogens is 5. The largest absolute Gasteiger partial charge is 0.383 e. The molecule has 0 unspecified atom stereocenters. The van der Waals surface area contributed by atoms with Crippen LogP contribution in [0.15, 0.2) is 24.7 Å². The zero-order chi connectivity index (χ0) is 11.8. The molecule has 3 heterocycles. The fraction of sp³-hybridized carbons (Fsp3) is 0.182. The summed E-state index contributed by atoms with van der Waals surface area (Å²) >= 11 is 0. The van der Waals surface area contributed by atoms with Crippen LogP contribution in [-0.4, -0.2) is 25.0 Å². The number of nitrogen functional groups attached to an aromatic ring is 1. The van der Waals surface area contributed by atoms with Crippen molar-refractivity contribution in [2.24, 2.45) is 7.05 Å². The van der Waals surface area contributed by atoms with Crippen LogP contribution in [0, 0.1) is 0 Å². The molecule has 0 fully saturated rings. The maximum absolute atomic E-state index is 5.87. The maximum atomic E-state index is 5.87. The van der Waals surface area contributed by atoms with E-state index in [1.54, 1.807) is 10.9 Å². The summed E-state index contributed by atoms with van der Waals surface area (Å²) in [4.78, 5) is 4.08. The predicted molar refractivity (Wildman–Crippen MR) is 64.3 cm³/mol. The van der Waals surface area contributed by atoms with E-state index in [9.17, 15) is 0 Å². The van der Waals surface area contributed by atoms with Crippen molar-refractivity contribution in [3.05, 3.63) is 35.9 Å². The minimum Gasteiger partial charge on any atom is -0.383 e. The van der Waals surface area contributed by atoms with Crippen molar-refractivity contribution in [2.75, 3.05) is 5.73 Å². The predicted octanol–water partition coefficient (Wildman–Crippen LogP) is 0.864. The minimum absolute atomic E-state index is 0.509. The van der Waals surface area contributed by atoms with Gasteiger partial charge in [-0.25, -0.2) is 4.98 Å². The smallest absolute Gasteiger partial charge is 0.134 e. The number of hydrogen-bond acceptors (Lipinski definition) is 4. The third-order valence-corrected chi connectivity index (χ3v) is 2.71. The molecule has 0 saturated carbocycles. The summed E-state index contributed by atoms with van der Waals surface area (Å²) in [5, 5.41) is 12.3. The van der Waals surface area contributed by atoms with E-state index in [1.165, 1.54) is 0 Å². The van der Waals surface area contributed by atoms with Gasteiger partial charge in [0.25, 0.3) is 0 Å². The molecule has 3 rings (SSSR count). The fourth-order valence-corrected chi connectivity index (χ4v) is 1.95. The van der Waals surface area contributed by atoms with E-state index >= 15 is 0 Å². The van der Waals surface area contributed by atoms with E-state index in [-0.39, 0.29) is 0 Å². The lowest BCUT2D eigenvalue weighted by molar-refractivity contribution is 0.767. The Labute approximate surface area is 97.5 Å². The lowest BCUT2D eigenvalue weighted by Gasteiger charge is -1.98. The molecule has 0 aliphatic rings. The number of H-pyrrole nitrogens is 1. The molecule has 0 bridgehead atoms. The third-order valence-electron chi connectivity index (χ3n) is 2.71. The Morgan fingerprint density at radius 1 is 1.47 bits per heavy atom. The Morgan fingerprint density at radius 3 is 3.12 bits per heavy atom. The first kappa shape index (κ1) is 9.83. The molecule has 0 spiro atoms. The average Bonchev–Trinajstić information content (AvgIpc) is 2.88. The molecule has 0 amide bonds. The van der Waals surface area contributed by atoms with Crippen molar-refractivity contribution in [3.8, 4) is 0 Å². The molecule has 0 aliphatic carbocycles. The number of pyridine rings is 1. The van der Waals surface area contributed by atoms with Crippen molar-refractivity contribution in [1.82, 2.24) is 25.0 Å². The first-order chi connectivity index (χ1) is 8.24. The summed E-state index contributed by atoms with van der Waals surface area (Å²) in [5.41, 5.74) is 8.80. The maximum Gasteiger partial charge on any atom is 0.134 e. The van der Waals surface area contributed by atoms with Gasteiger partial charge < -0.3 is 5.73 Å². The molecule has 0 radical (unpaired) electrons. The van der Waals surface area contributed by atoms with Crippen LogP contribution >= 0.6 is 0 Å². The third kappa shape index (κ3) is 1.63. The highest BCUT2D eigenvalue weighted by Crippen LogP contribution is 2.22. The van der Waals surface area contributed by atoms with Crippen molar-refractivity contribution < 1.29 is 0 Å². The number of nitrogens with zero attached hydrogens (tertiary/aromatic N) is 4. The molecule has 3 aromatic heterocycles. The fourth-order valence-electron chi connectivity index (χ4n) is 1.95. The van der Waals surface area contributed by atoms with E-state index in [0.717, 1.165) is 28.6 Å². The average molecular weight is 228 g/mol. The summed E-state index contributed by atoms with van der Waals surface area (Å²) in [6.45, 7) is 0. The second kappa shape index (κ2) is 3.58. The van der Waals surface area contributed by atoms with Crippen molar-refractivity contribution in [2.45, 2.75) is 6.42 Å². The molecule has 0 aromatic carbocycles. The summed E-state index contributed by atoms with van der Waals surface area (Å²) in [5.74, 6) is 0.509. The van der Waals surface area contributed by atoms with Crippen LogP contribution in [0.2, 0.25) is 0 Å². The standard InChI is InChI=1S/C11H12N6/c1-17-6-7(5-14-17)4-9-10-8(15-16-9)2-3-13-11(10)12/h2-3,5-6H,4H2,1H3,(H2,12,13)(H,15,16). The first-order valence-electron chi connectivity index (χ1n) is 5.29. The number of nitrogens with two attached hydrogens (primary N) is 1. The van der Waals surface area contributed by atoms with Gasteiger partial charge in [-0.3, -0.25) is 9.78 Å². The summed E-state index contributed by atoms with van der Waals surface area (Å²) in [7, 11) is 1.89. The monoisotopic (exact) mass is 228 g/mol. The molecule has 0 saturated heterocycles. The summed E-state index contributed by atoms with van der Waals surface area (Å²) in [6.07, 6.45) is 6.19. The highest BCUT2D eigenvalue weighted by Gasteiger charge is 2.10. The lowest BCUT2D eigenvalue weighted by atomic mass is 10.1. The topological polar surface area (TPSA) is 85.4 Å². The van der Waals surface area contributed by atoms with Crippen LogP contribution in [0.1, 0.15) is 11.3 Å². The molecular formula is C11H12N6. The van der Waals surface area contributed by atoms with Gasteiger partial charge >= 0.3 is 0 Å². The van der Waals surface area contributed by atoms with Crippen LogP contribution in [0.4, 0.5) is 5.82 Å². The molecule has 0 atom stereocenters. The lowest BCUT2D eigenvalue weighted by Crippen LogP contribution is -1.93. The van der Waals surface area contributed by atoms with E-state index in [0.29, 0.717) is 5.82 Å². The molecule has 0 aliphatic heterocycles. The van der Waals surface area contributed by atoms with Crippen LogP contribution in [0.5, 0.6) is 0 Å². The Balaban J connectivity index is 2.06. The number of rotatable bonds is 2. The van der Waals surface area contributed by atoms with E-state index in [1.807, 2.05) is 25.5 Å². The second-order valence-electron chi connectivity index (χ2n) is 3.99. The van der Waals surface area contributed by atoms with E-state index in [2.05, 4.69) is 20.3 Å². The van der Waals surface area contributed by atoms with Crippen LogP contribution in [0.3, 0.4) is 0 Å². The molecular weight excluding hydrogens is 216 g/mol. The second-order valence-corrected chi connectivity index (χ2v) is 3.99. The van der Waals surface area contributed by atoms with Gasteiger partial charge in [0.05, 0.1) is 22.8 Å². The Bertz CT molecular complexity index is 665. The molecule has 3 N–H and O–H groups in total. The number of fused-ring (bicyclic) bond motifs is 1.